The average Bonchev–Trinajstić information content (AvgIpc) is 3.11. The number of carbonyl (C=O) groups excluding carboxylic acids is 2. The molecule has 1 aromatic rings. The van der Waals surface area contributed by atoms with Crippen molar-refractivity contribution in [1.82, 2.24) is 20.2 Å². The number of likely N-dealkylation sites (tertiary alicyclic amines) is 1. The molecule has 2 amide bonds. The Balaban J connectivity index is 1.30. The van der Waals surface area contributed by atoms with Crippen molar-refractivity contribution >= 4 is 17.5 Å². The maximum absolute atomic E-state index is 15.0. The summed E-state index contributed by atoms with van der Waals surface area (Å²) in [5.41, 5.74) is 2.75. The second kappa shape index (κ2) is 10.9. The molecule has 7 nitrogen and oxygen atoms in total. The summed E-state index contributed by atoms with van der Waals surface area (Å²) in [5, 5.41) is 10.2. The van der Waals surface area contributed by atoms with Crippen molar-refractivity contribution in [2.45, 2.75) is 70.4 Å². The van der Waals surface area contributed by atoms with E-state index in [0.717, 1.165) is 57.4 Å². The summed E-state index contributed by atoms with van der Waals surface area (Å²) in [6, 6.07) is 5.08. The summed E-state index contributed by atoms with van der Waals surface area (Å²) < 4.78 is 15.0. The minimum atomic E-state index is -0.504. The number of hydrogen-bond acceptors (Lipinski definition) is 6. The van der Waals surface area contributed by atoms with Gasteiger partial charge >= 0.3 is 0 Å². The third kappa shape index (κ3) is 5.44. The van der Waals surface area contributed by atoms with Gasteiger partial charge in [0.1, 0.15) is 11.9 Å². The van der Waals surface area contributed by atoms with Gasteiger partial charge in [-0.15, -0.1) is 0 Å². The van der Waals surface area contributed by atoms with E-state index in [0.29, 0.717) is 24.6 Å². The van der Waals surface area contributed by atoms with Gasteiger partial charge < -0.3 is 15.2 Å². The Bertz CT molecular complexity index is 928. The smallest absolute Gasteiger partial charge is 0.249 e. The van der Waals surface area contributed by atoms with Crippen LogP contribution in [0.1, 0.15) is 63.9 Å². The first-order valence-corrected chi connectivity index (χ1v) is 12.7. The minimum Gasteiger partial charge on any atom is -0.374 e. The van der Waals surface area contributed by atoms with Crippen LogP contribution in [-0.2, 0) is 9.59 Å². The van der Waals surface area contributed by atoms with Crippen molar-refractivity contribution in [3.05, 3.63) is 41.4 Å². The standard InChI is InChI=1S/C26H38FN5O2/c1-4-12-32-20(5-2)16-21(30(32)3)17-31-13-10-18(11-14-31)22-7-6-19(15-23(22)27)28-24-8-9-25(33)29-26(24)34/h6-7,15-16,18,21,24,28H,4-5,8-14,17H2,1-3H3,(H,29,33,34). The summed E-state index contributed by atoms with van der Waals surface area (Å²) in [6.07, 6.45) is 7.20. The second-order valence-corrected chi connectivity index (χ2v) is 9.73. The Morgan fingerprint density at radius 3 is 2.56 bits per heavy atom. The number of nitrogens with zero attached hydrogens (tertiary/aromatic N) is 3. The molecule has 0 spiro atoms. The molecule has 0 aliphatic carbocycles. The average molecular weight is 472 g/mol. The van der Waals surface area contributed by atoms with Crippen LogP contribution in [-0.4, -0.2) is 72.0 Å². The lowest BCUT2D eigenvalue weighted by molar-refractivity contribution is -0.133. The second-order valence-electron chi connectivity index (χ2n) is 9.73. The molecular weight excluding hydrogens is 433 g/mol. The maximum Gasteiger partial charge on any atom is 0.249 e. The Morgan fingerprint density at radius 1 is 1.15 bits per heavy atom. The van der Waals surface area contributed by atoms with E-state index < -0.39 is 6.04 Å². The number of hydrogen-bond donors (Lipinski definition) is 2. The van der Waals surface area contributed by atoms with Gasteiger partial charge in [0, 0.05) is 37.9 Å². The van der Waals surface area contributed by atoms with Gasteiger partial charge in [-0.25, -0.2) is 9.40 Å². The van der Waals surface area contributed by atoms with Gasteiger partial charge in [-0.05, 0) is 74.9 Å². The lowest BCUT2D eigenvalue weighted by atomic mass is 9.88. The maximum atomic E-state index is 15.0. The van der Waals surface area contributed by atoms with Gasteiger partial charge in [-0.2, -0.15) is 0 Å². The lowest BCUT2D eigenvalue weighted by Crippen LogP contribution is -2.47. The first kappa shape index (κ1) is 24.7. The zero-order valence-corrected chi connectivity index (χ0v) is 20.6. The zero-order chi connectivity index (χ0) is 24.2. The van der Waals surface area contributed by atoms with Gasteiger partial charge in [-0.3, -0.25) is 14.9 Å². The molecular formula is C26H38FN5O2. The van der Waals surface area contributed by atoms with Gasteiger partial charge in [0.05, 0.1) is 6.04 Å². The van der Waals surface area contributed by atoms with Gasteiger partial charge in [0.15, 0.2) is 0 Å². The molecule has 4 rings (SSSR count). The van der Waals surface area contributed by atoms with E-state index in [-0.39, 0.29) is 23.5 Å². The first-order chi connectivity index (χ1) is 16.4. The summed E-state index contributed by atoms with van der Waals surface area (Å²) in [7, 11) is 2.19. The lowest BCUT2D eigenvalue weighted by Gasteiger charge is -2.37. The van der Waals surface area contributed by atoms with Crippen LogP contribution in [0.5, 0.6) is 0 Å². The number of benzene rings is 1. The van der Waals surface area contributed by atoms with Crippen LogP contribution in [0.15, 0.2) is 30.0 Å². The van der Waals surface area contributed by atoms with Crippen LogP contribution < -0.4 is 10.6 Å². The SMILES string of the molecule is CCCN1C(CC)=CC(CN2CCC(c3ccc(NC4CCC(=O)NC4=O)cc3F)CC2)N1C. The molecule has 2 N–H and O–H groups in total. The van der Waals surface area contributed by atoms with Crippen LogP contribution in [0.4, 0.5) is 10.1 Å². The topological polar surface area (TPSA) is 67.9 Å². The molecule has 1 aromatic carbocycles. The number of rotatable bonds is 8. The van der Waals surface area contributed by atoms with Crippen molar-refractivity contribution in [2.24, 2.45) is 0 Å². The predicted octanol–water partition coefficient (Wildman–Crippen LogP) is 3.46. The van der Waals surface area contributed by atoms with Crippen LogP contribution in [0.2, 0.25) is 0 Å². The Kier molecular flexibility index (Phi) is 7.88. The van der Waals surface area contributed by atoms with Crippen molar-refractivity contribution in [2.75, 3.05) is 38.5 Å². The number of anilines is 1. The van der Waals surface area contributed by atoms with E-state index >= 15 is 0 Å². The van der Waals surface area contributed by atoms with E-state index in [1.54, 1.807) is 0 Å². The number of allylic oxidation sites excluding steroid dienone is 1. The number of likely N-dealkylation sites (N-methyl/N-ethyl adjacent to an activating group) is 1. The molecule has 2 atom stereocenters. The highest BCUT2D eigenvalue weighted by Gasteiger charge is 2.31. The number of imide groups is 1. The third-order valence-corrected chi connectivity index (χ3v) is 7.43. The highest BCUT2D eigenvalue weighted by Crippen LogP contribution is 2.32. The van der Waals surface area contributed by atoms with Crippen LogP contribution in [0, 0.1) is 5.82 Å². The molecule has 0 saturated carbocycles. The molecule has 3 heterocycles. The van der Waals surface area contributed by atoms with E-state index in [4.69, 9.17) is 0 Å². The third-order valence-electron chi connectivity index (χ3n) is 7.43. The van der Waals surface area contributed by atoms with Crippen molar-refractivity contribution in [1.29, 1.82) is 0 Å². The fourth-order valence-corrected chi connectivity index (χ4v) is 5.45. The number of nitrogens with one attached hydrogen (secondary N) is 2. The number of hydrazine groups is 1. The van der Waals surface area contributed by atoms with E-state index in [1.807, 2.05) is 12.1 Å². The molecule has 8 heteroatoms. The summed E-state index contributed by atoms with van der Waals surface area (Å²) in [4.78, 5) is 25.8. The minimum absolute atomic E-state index is 0.209. The number of amides is 2. The van der Waals surface area contributed by atoms with Crippen LogP contribution in [0.3, 0.4) is 0 Å². The normalized spacial score (nSPS) is 24.9. The molecule has 0 aromatic heterocycles. The van der Waals surface area contributed by atoms with Gasteiger partial charge in [0.25, 0.3) is 0 Å². The predicted molar refractivity (Wildman–Crippen MR) is 132 cm³/mol. The number of halogens is 1. The first-order valence-electron chi connectivity index (χ1n) is 12.7. The Morgan fingerprint density at radius 2 is 1.91 bits per heavy atom. The van der Waals surface area contributed by atoms with E-state index in [1.165, 1.54) is 11.8 Å². The number of carbonyl (C=O) groups is 2. The van der Waals surface area contributed by atoms with E-state index in [9.17, 15) is 14.0 Å². The van der Waals surface area contributed by atoms with Crippen LogP contribution >= 0.6 is 0 Å². The number of piperidine rings is 2. The summed E-state index contributed by atoms with van der Waals surface area (Å²) in [6.45, 7) is 8.43. The zero-order valence-electron chi connectivity index (χ0n) is 20.6. The Labute approximate surface area is 202 Å². The fourth-order valence-electron chi connectivity index (χ4n) is 5.45. The molecule has 2 unspecified atom stereocenters. The highest BCUT2D eigenvalue weighted by atomic mass is 19.1. The van der Waals surface area contributed by atoms with Crippen LogP contribution in [0.25, 0.3) is 0 Å². The van der Waals surface area contributed by atoms with Crippen molar-refractivity contribution < 1.29 is 14.0 Å². The molecule has 186 valence electrons. The monoisotopic (exact) mass is 471 g/mol. The quantitative estimate of drug-likeness (QED) is 0.566. The fraction of sp³-hybridized carbons (Fsp3) is 0.615. The molecule has 0 radical (unpaired) electrons. The molecule has 0 bridgehead atoms. The molecule has 34 heavy (non-hydrogen) atoms. The summed E-state index contributed by atoms with van der Waals surface area (Å²) >= 11 is 0. The van der Waals surface area contributed by atoms with Gasteiger partial charge in [-0.1, -0.05) is 19.9 Å². The molecule has 3 aliphatic heterocycles. The summed E-state index contributed by atoms with van der Waals surface area (Å²) in [5.74, 6) is -0.618. The van der Waals surface area contributed by atoms with Crippen molar-refractivity contribution in [3.8, 4) is 0 Å². The largest absolute Gasteiger partial charge is 0.374 e. The van der Waals surface area contributed by atoms with Crippen molar-refractivity contribution in [3.63, 3.8) is 0 Å². The Hall–Kier alpha value is -2.45. The molecule has 3 aliphatic rings. The molecule has 2 saturated heterocycles. The van der Waals surface area contributed by atoms with E-state index in [2.05, 4.69) is 52.5 Å². The highest BCUT2D eigenvalue weighted by molar-refractivity contribution is 6.01. The molecule has 2 fully saturated rings. The van der Waals surface area contributed by atoms with Gasteiger partial charge in [0.2, 0.25) is 11.8 Å².